The van der Waals surface area contributed by atoms with Crippen LogP contribution in [0.2, 0.25) is 0 Å². The second kappa shape index (κ2) is 11.8. The number of hydrogen-bond donors (Lipinski definition) is 1. The number of carboxylic acid groups (broad SMARTS) is 1. The highest BCUT2D eigenvalue weighted by Gasteiger charge is 2.39. The molecular formula is C31H31F2N7O4S. The number of carbonyl (C=O) groups is 1. The van der Waals surface area contributed by atoms with Crippen LogP contribution in [0.3, 0.4) is 0 Å². The minimum atomic E-state index is -4.06. The summed E-state index contributed by atoms with van der Waals surface area (Å²) in [6, 6.07) is 10.4. The topological polar surface area (TPSA) is 145 Å². The summed E-state index contributed by atoms with van der Waals surface area (Å²) in [4.78, 5) is 18.5. The van der Waals surface area contributed by atoms with Gasteiger partial charge >= 0.3 is 5.97 Å². The average Bonchev–Trinajstić information content (AvgIpc) is 3.43. The molecule has 6 rings (SSSR count). The van der Waals surface area contributed by atoms with Gasteiger partial charge in [0.25, 0.3) is 6.43 Å². The molecule has 2 aliphatic heterocycles. The monoisotopic (exact) mass is 635 g/mol. The molecule has 45 heavy (non-hydrogen) atoms. The van der Waals surface area contributed by atoms with Crippen LogP contribution in [-0.4, -0.2) is 62.5 Å². The first kappa shape index (κ1) is 30.5. The lowest BCUT2D eigenvalue weighted by Gasteiger charge is -2.36. The number of piperidine rings is 1. The SMILES string of the molecule is Cc1ccc([C@@H](CC(=O)O)c2ccn3c(C(F)F)nnc3c2C)cc1CN1C[C@@H]2CCCCN2c2ncc(C#N)cc2S1(=O)=O. The van der Waals surface area contributed by atoms with Crippen LogP contribution in [0.25, 0.3) is 5.65 Å². The summed E-state index contributed by atoms with van der Waals surface area (Å²) < 4.78 is 57.9. The van der Waals surface area contributed by atoms with Gasteiger partial charge < -0.3 is 10.0 Å². The number of rotatable bonds is 7. The molecule has 11 nitrogen and oxygen atoms in total. The molecule has 0 spiro atoms. The third kappa shape index (κ3) is 5.51. The predicted molar refractivity (Wildman–Crippen MR) is 159 cm³/mol. The van der Waals surface area contributed by atoms with Gasteiger partial charge in [-0.25, -0.2) is 22.2 Å². The lowest BCUT2D eigenvalue weighted by atomic mass is 9.85. The average molecular weight is 636 g/mol. The summed E-state index contributed by atoms with van der Waals surface area (Å²) in [7, 11) is -4.06. The Balaban J connectivity index is 1.41. The molecular weight excluding hydrogens is 604 g/mol. The molecule has 2 atom stereocenters. The lowest BCUT2D eigenvalue weighted by molar-refractivity contribution is -0.137. The van der Waals surface area contributed by atoms with Gasteiger partial charge in [0, 0.05) is 44.0 Å². The van der Waals surface area contributed by atoms with E-state index in [1.54, 1.807) is 13.0 Å². The fourth-order valence-electron chi connectivity index (χ4n) is 6.49. The van der Waals surface area contributed by atoms with Gasteiger partial charge in [-0.05, 0) is 73.1 Å². The number of anilines is 1. The van der Waals surface area contributed by atoms with Gasteiger partial charge in [0.1, 0.15) is 16.8 Å². The van der Waals surface area contributed by atoms with Crippen LogP contribution in [0.15, 0.2) is 47.6 Å². The molecule has 0 unspecified atom stereocenters. The number of aromatic nitrogens is 4. The van der Waals surface area contributed by atoms with Crippen LogP contribution >= 0.6 is 0 Å². The van der Waals surface area contributed by atoms with Gasteiger partial charge in [-0.2, -0.15) is 9.57 Å². The van der Waals surface area contributed by atoms with Crippen molar-refractivity contribution >= 4 is 27.5 Å². The number of sulfonamides is 1. The highest BCUT2D eigenvalue weighted by atomic mass is 32.2. The lowest BCUT2D eigenvalue weighted by Crippen LogP contribution is -2.45. The van der Waals surface area contributed by atoms with E-state index >= 15 is 0 Å². The maximum absolute atomic E-state index is 14.2. The Kier molecular flexibility index (Phi) is 8.00. The number of nitrogens with zero attached hydrogens (tertiary/aromatic N) is 7. The number of aryl methyl sites for hydroxylation is 2. The predicted octanol–water partition coefficient (Wildman–Crippen LogP) is 4.72. The van der Waals surface area contributed by atoms with E-state index in [-0.39, 0.29) is 41.7 Å². The van der Waals surface area contributed by atoms with Crippen LogP contribution in [-0.2, 0) is 21.4 Å². The molecule has 0 radical (unpaired) electrons. The number of nitriles is 1. The van der Waals surface area contributed by atoms with Gasteiger partial charge in [-0.15, -0.1) is 10.2 Å². The quantitative estimate of drug-likeness (QED) is 0.305. The van der Waals surface area contributed by atoms with Crippen LogP contribution in [0.4, 0.5) is 14.6 Å². The summed E-state index contributed by atoms with van der Waals surface area (Å²) in [6.45, 7) is 4.49. The molecule has 0 bridgehead atoms. The number of alkyl halides is 2. The maximum Gasteiger partial charge on any atom is 0.304 e. The smallest absolute Gasteiger partial charge is 0.304 e. The van der Waals surface area contributed by atoms with E-state index in [9.17, 15) is 32.4 Å². The first-order valence-electron chi connectivity index (χ1n) is 14.6. The summed E-state index contributed by atoms with van der Waals surface area (Å²) in [6.07, 6.45) is 2.37. The molecule has 4 aromatic rings. The summed E-state index contributed by atoms with van der Waals surface area (Å²) in [5.74, 6) is -1.86. The van der Waals surface area contributed by atoms with Crippen LogP contribution in [0.1, 0.15) is 77.2 Å². The molecule has 14 heteroatoms. The van der Waals surface area contributed by atoms with E-state index < -0.39 is 34.2 Å². The maximum atomic E-state index is 14.2. The van der Waals surface area contributed by atoms with Gasteiger partial charge in [0.2, 0.25) is 15.8 Å². The highest BCUT2D eigenvalue weighted by Crippen LogP contribution is 2.38. The number of halogens is 2. The molecule has 1 fully saturated rings. The number of benzene rings is 1. The Labute approximate surface area is 258 Å². The highest BCUT2D eigenvalue weighted by molar-refractivity contribution is 7.89. The summed E-state index contributed by atoms with van der Waals surface area (Å²) >= 11 is 0. The molecule has 5 heterocycles. The van der Waals surface area contributed by atoms with Crippen molar-refractivity contribution in [2.24, 2.45) is 0 Å². The molecule has 1 N–H and O–H groups in total. The number of carboxylic acids is 1. The van der Waals surface area contributed by atoms with Crippen molar-refractivity contribution in [1.29, 1.82) is 5.26 Å². The molecule has 3 aromatic heterocycles. The van der Waals surface area contributed by atoms with Crippen molar-refractivity contribution < 1.29 is 27.1 Å². The Morgan fingerprint density at radius 1 is 1.18 bits per heavy atom. The number of pyridine rings is 2. The van der Waals surface area contributed by atoms with E-state index in [0.29, 0.717) is 34.6 Å². The Morgan fingerprint density at radius 3 is 2.71 bits per heavy atom. The largest absolute Gasteiger partial charge is 0.481 e. The zero-order valence-corrected chi connectivity index (χ0v) is 25.5. The van der Waals surface area contributed by atoms with E-state index in [0.717, 1.165) is 24.8 Å². The van der Waals surface area contributed by atoms with Gasteiger partial charge in [0.15, 0.2) is 5.65 Å². The fraction of sp³-hybridized carbons (Fsp3) is 0.387. The van der Waals surface area contributed by atoms with Gasteiger partial charge in [-0.1, -0.05) is 18.2 Å². The molecule has 1 saturated heterocycles. The minimum Gasteiger partial charge on any atom is -0.481 e. The molecule has 234 valence electrons. The second-order valence-corrected chi connectivity index (χ2v) is 13.5. The summed E-state index contributed by atoms with van der Waals surface area (Å²) in [5.41, 5.74) is 3.64. The minimum absolute atomic E-state index is 0.00362. The zero-order valence-electron chi connectivity index (χ0n) is 24.7. The molecule has 0 saturated carbocycles. The van der Waals surface area contributed by atoms with E-state index in [1.807, 2.05) is 36.1 Å². The number of hydrogen-bond acceptors (Lipinski definition) is 8. The number of fused-ring (bicyclic) bond motifs is 4. The molecule has 0 aliphatic carbocycles. The fourth-order valence-corrected chi connectivity index (χ4v) is 8.12. The van der Waals surface area contributed by atoms with Crippen molar-refractivity contribution in [2.75, 3.05) is 18.0 Å². The second-order valence-electron chi connectivity index (χ2n) is 11.6. The Bertz CT molecular complexity index is 1960. The third-order valence-electron chi connectivity index (χ3n) is 8.86. The summed E-state index contributed by atoms with van der Waals surface area (Å²) in [5, 5.41) is 26.9. The van der Waals surface area contributed by atoms with Crippen LogP contribution in [0.5, 0.6) is 0 Å². The molecule has 1 aromatic carbocycles. The van der Waals surface area contributed by atoms with Crippen molar-refractivity contribution in [2.45, 2.75) is 69.4 Å². The normalized spacial score (nSPS) is 18.7. The molecule has 0 amide bonds. The van der Waals surface area contributed by atoms with Crippen LogP contribution < -0.4 is 4.90 Å². The Morgan fingerprint density at radius 2 is 1.98 bits per heavy atom. The Hall–Kier alpha value is -4.48. The van der Waals surface area contributed by atoms with Crippen molar-refractivity contribution in [1.82, 2.24) is 23.9 Å². The third-order valence-corrected chi connectivity index (χ3v) is 10.7. The van der Waals surface area contributed by atoms with Gasteiger partial charge in [-0.3, -0.25) is 9.20 Å². The van der Waals surface area contributed by atoms with Crippen LogP contribution in [0, 0.1) is 25.2 Å². The van der Waals surface area contributed by atoms with E-state index in [1.165, 1.54) is 27.2 Å². The van der Waals surface area contributed by atoms with E-state index in [2.05, 4.69) is 15.2 Å². The zero-order chi connectivity index (χ0) is 32.0. The van der Waals surface area contributed by atoms with Crippen molar-refractivity contribution in [3.05, 3.63) is 81.9 Å². The van der Waals surface area contributed by atoms with Crippen molar-refractivity contribution in [3.63, 3.8) is 0 Å². The first-order chi connectivity index (χ1) is 21.5. The van der Waals surface area contributed by atoms with Crippen molar-refractivity contribution in [3.8, 4) is 6.07 Å². The number of aliphatic carboxylic acids is 1. The van der Waals surface area contributed by atoms with E-state index in [4.69, 9.17) is 0 Å². The van der Waals surface area contributed by atoms with Gasteiger partial charge in [0.05, 0.1) is 12.0 Å². The first-order valence-corrected chi connectivity index (χ1v) is 16.0. The standard InChI is InChI=1S/C31H31F2N7O4S/c1-18-6-7-21(25(13-27(41)42)24-8-10-40-29(19(24)2)36-37-31(40)28(32)33)12-22(18)16-38-17-23-5-3-4-9-39(23)30-26(45(38,43)44)11-20(14-34)15-35-30/h6-8,10-12,15,23,25,28H,3-5,9,13,16-17H2,1-2H3,(H,41,42)/t23-,25+/m0/s1. The molecule has 2 aliphatic rings.